The Morgan fingerprint density at radius 3 is 1.24 bits per heavy atom. The van der Waals surface area contributed by atoms with Crippen LogP contribution in [-0.4, -0.2) is 146 Å². The zero-order chi connectivity index (χ0) is 64.1. The number of benzene rings is 3. The van der Waals surface area contributed by atoms with Crippen LogP contribution >= 0.6 is 69.6 Å². The van der Waals surface area contributed by atoms with Crippen molar-refractivity contribution in [3.05, 3.63) is 146 Å². The monoisotopic (exact) mass is 1310 g/mol. The Kier molecular flexibility index (Phi) is 25.6. The molecule has 4 N–H and O–H groups in total. The fourth-order valence-corrected chi connectivity index (χ4v) is 9.18. The second-order valence-corrected chi connectivity index (χ2v) is 24.7. The quantitative estimate of drug-likeness (QED) is 0.0657. The number of aliphatic hydroxyl groups is 1. The van der Waals surface area contributed by atoms with Crippen molar-refractivity contribution in [2.75, 3.05) is 20.0 Å². The van der Waals surface area contributed by atoms with Gasteiger partial charge in [-0.05, 0) is 128 Å². The molecule has 3 aromatic carbocycles. The van der Waals surface area contributed by atoms with Crippen LogP contribution in [0.4, 0.5) is 22.8 Å². The smallest absolute Gasteiger partial charge is 0.444 e. The van der Waals surface area contributed by atoms with Gasteiger partial charge in [0.15, 0.2) is 25.4 Å². The van der Waals surface area contributed by atoms with Gasteiger partial charge in [-0.25, -0.2) is 22.8 Å². The summed E-state index contributed by atoms with van der Waals surface area (Å²) in [7, 11) is -1.58. The summed E-state index contributed by atoms with van der Waals surface area (Å²) in [6.45, 7) is 14.9. The minimum atomic E-state index is -1.58. The predicted octanol–water partition coefficient (Wildman–Crippen LogP) is 11.8. The first-order chi connectivity index (χ1) is 40.2. The molecule has 0 aliphatic carbocycles. The van der Waals surface area contributed by atoms with E-state index in [0.29, 0.717) is 43.4 Å². The van der Waals surface area contributed by atoms with Crippen LogP contribution in [0.5, 0.6) is 0 Å². The average molecular weight is 1320 g/mol. The van der Waals surface area contributed by atoms with Crippen LogP contribution in [0, 0.1) is 0 Å². The normalized spacial score (nSPS) is 18.5. The molecule has 2 aliphatic rings. The van der Waals surface area contributed by atoms with E-state index in [1.165, 1.54) is 21.9 Å². The lowest BCUT2D eigenvalue weighted by Gasteiger charge is -2.34. The van der Waals surface area contributed by atoms with Crippen LogP contribution in [0.25, 0.3) is 22.5 Å². The summed E-state index contributed by atoms with van der Waals surface area (Å²) in [6, 6.07) is 27.4. The molecule has 0 spiro atoms. The molecule has 5 heterocycles. The Balaban J connectivity index is 0.000000221. The number of alkyl halides is 5. The summed E-state index contributed by atoms with van der Waals surface area (Å²) in [6.07, 6.45) is -3.78. The summed E-state index contributed by atoms with van der Waals surface area (Å²) >= 11 is 33.0. The third kappa shape index (κ3) is 20.2. The molecule has 464 valence electrons. The molecule has 19 nitrogen and oxygen atoms in total. The highest BCUT2D eigenvalue weighted by Crippen LogP contribution is 2.44. The van der Waals surface area contributed by atoms with Crippen LogP contribution in [0.2, 0.25) is 20.6 Å². The zero-order valence-electron chi connectivity index (χ0n) is 48.3. The lowest BCUT2D eigenvalue weighted by Crippen LogP contribution is -2.50. The number of amides is 3. The molecular weight excluding hydrogens is 1250 g/mol. The van der Waals surface area contributed by atoms with E-state index in [-0.39, 0.29) is 5.15 Å². The number of aromatic nitrogens is 6. The summed E-state index contributed by atoms with van der Waals surface area (Å²) < 4.78 is 63.9. The van der Waals surface area contributed by atoms with Crippen LogP contribution in [-0.2, 0) is 23.7 Å². The number of carbonyl (C=O) groups is 3. The van der Waals surface area contributed by atoms with E-state index < -0.39 is 109 Å². The fourth-order valence-electron chi connectivity index (χ4n) is 8.65. The van der Waals surface area contributed by atoms with E-state index in [1.54, 1.807) is 142 Å². The first-order valence-corrected chi connectivity index (χ1v) is 28.7. The van der Waals surface area contributed by atoms with Gasteiger partial charge >= 0.3 is 19.3 Å². The summed E-state index contributed by atoms with van der Waals surface area (Å²) in [5.74, 6) is -0.770. The van der Waals surface area contributed by atoms with E-state index in [2.05, 4.69) is 35.9 Å². The Morgan fingerprint density at radius 2 is 0.942 bits per heavy atom. The largest absolute Gasteiger partial charge is 0.488 e. The Hall–Kier alpha value is -5.70. The van der Waals surface area contributed by atoms with Crippen molar-refractivity contribution < 1.29 is 61.7 Å². The van der Waals surface area contributed by atoms with E-state index in [0.717, 1.165) is 16.7 Å². The SMILES string of the molecule is CC(C)(C)OC(=O)N1[C@H](CF)[C@@H](c2ccc(-c3ccc(Cl)nn3)cc2)OC1(C)C.CC(C)(C)OC(=O)N1[C@H](CF)[C@@H](c2ccc(B(O)O)cc2)OC1(C)C.Clc1ccc(Cl)nn1.O=C(N[C@H](CF)[C@H](O)c1ccc(-c2ccc(Cl)nn2)cc1)C(Cl)Cl. The third-order valence-electron chi connectivity index (χ3n) is 12.4. The van der Waals surface area contributed by atoms with Gasteiger partial charge in [0.25, 0.3) is 5.91 Å². The molecule has 2 saturated heterocycles. The molecule has 3 amide bonds. The summed E-state index contributed by atoms with van der Waals surface area (Å²) in [4.78, 5) is 38.0. The molecule has 6 aromatic rings. The first-order valence-electron chi connectivity index (χ1n) is 26.3. The summed E-state index contributed by atoms with van der Waals surface area (Å²) in [5, 5.41) is 54.7. The van der Waals surface area contributed by atoms with Gasteiger partial charge in [0.1, 0.15) is 61.0 Å². The molecule has 2 aliphatic heterocycles. The molecule has 0 radical (unpaired) electrons. The van der Waals surface area contributed by atoms with E-state index in [1.807, 2.05) is 24.3 Å². The zero-order valence-corrected chi connectivity index (χ0v) is 52.8. The highest BCUT2D eigenvalue weighted by molar-refractivity contribution is 6.58. The molecule has 0 unspecified atom stereocenters. The maximum atomic E-state index is 14.0. The molecule has 86 heavy (non-hydrogen) atoms. The summed E-state index contributed by atoms with van der Waals surface area (Å²) in [5.41, 5.74) is 1.57. The molecule has 0 saturated carbocycles. The highest BCUT2D eigenvalue weighted by atomic mass is 35.5. The van der Waals surface area contributed by atoms with Crippen molar-refractivity contribution >= 4 is 100 Å². The average Bonchev–Trinajstić information content (AvgIpc) is 2.25. The number of halogens is 9. The highest BCUT2D eigenvalue weighted by Gasteiger charge is 2.53. The maximum Gasteiger partial charge on any atom is 0.488 e. The molecule has 29 heteroatoms. The van der Waals surface area contributed by atoms with Crippen molar-refractivity contribution in [3.63, 3.8) is 0 Å². The van der Waals surface area contributed by atoms with Crippen molar-refractivity contribution in [3.8, 4) is 22.5 Å². The van der Waals surface area contributed by atoms with Gasteiger partial charge in [-0.3, -0.25) is 14.6 Å². The number of rotatable bonds is 12. The fraction of sp³-hybridized carbons (Fsp3) is 0.421. The maximum absolute atomic E-state index is 14.0. The van der Waals surface area contributed by atoms with Crippen molar-refractivity contribution in [2.45, 2.75) is 133 Å². The van der Waals surface area contributed by atoms with Gasteiger partial charge in [0, 0.05) is 11.1 Å². The second kappa shape index (κ2) is 31.0. The van der Waals surface area contributed by atoms with Gasteiger partial charge in [-0.1, -0.05) is 142 Å². The Morgan fingerprint density at radius 1 is 0.593 bits per heavy atom. The van der Waals surface area contributed by atoms with E-state index >= 15 is 0 Å². The van der Waals surface area contributed by atoms with E-state index in [4.69, 9.17) is 88.6 Å². The van der Waals surface area contributed by atoms with Crippen LogP contribution in [0.3, 0.4) is 0 Å². The van der Waals surface area contributed by atoms with Gasteiger partial charge in [0.05, 0.1) is 29.5 Å². The predicted molar refractivity (Wildman–Crippen MR) is 323 cm³/mol. The number of hydrogen-bond acceptors (Lipinski definition) is 16. The van der Waals surface area contributed by atoms with Crippen LogP contribution < -0.4 is 10.8 Å². The number of nitrogens with zero attached hydrogens (tertiary/aromatic N) is 8. The third-order valence-corrected chi connectivity index (χ3v) is 13.6. The molecule has 6 atom stereocenters. The van der Waals surface area contributed by atoms with Gasteiger partial charge in [-0.2, -0.15) is 0 Å². The van der Waals surface area contributed by atoms with Gasteiger partial charge in [0.2, 0.25) is 0 Å². The van der Waals surface area contributed by atoms with Gasteiger partial charge < -0.3 is 39.4 Å². The van der Waals surface area contributed by atoms with E-state index in [9.17, 15) is 42.7 Å². The molecule has 2 fully saturated rings. The lowest BCUT2D eigenvalue weighted by atomic mass is 9.80. The Labute approximate surface area is 526 Å². The van der Waals surface area contributed by atoms with Crippen molar-refractivity contribution in [1.29, 1.82) is 0 Å². The van der Waals surface area contributed by atoms with Crippen LogP contribution in [0.1, 0.15) is 104 Å². The number of ether oxygens (including phenoxy) is 4. The second-order valence-electron chi connectivity index (χ2n) is 22.1. The van der Waals surface area contributed by atoms with Crippen molar-refractivity contribution in [1.82, 2.24) is 45.7 Å². The molecule has 3 aromatic heterocycles. The number of aliphatic hydroxyl groups excluding tert-OH is 1. The first kappa shape index (κ1) is 71.1. The topological polar surface area (TPSA) is 245 Å². The number of carbonyl (C=O) groups excluding carboxylic acids is 3. The minimum absolute atomic E-state index is 0.282. The minimum Gasteiger partial charge on any atom is -0.444 e. The Bertz CT molecular complexity index is 3120. The molecule has 0 bridgehead atoms. The molecular formula is C57H65BCl6F3N9O10. The standard InChI is InChI=1S/C21H25ClFN3O3.C17H25BFNO5.C15H13Cl3FN3O2.C4H2Cl2N2/c1-20(2,3)29-19(27)26-16(12-23)18(28-21(26,4)5)14-8-6-13(7-9-14)15-10-11-17(22)25-24-15;1-16(2,3)25-15(21)20-13(10-19)14(24-17(20,4)5)11-6-8-12(9-7-11)18(22)23;16-12-6-5-10(21-22-12)8-1-3-9(4-2-8)13(23)11(7-19)20-15(24)14(17)18;5-3-1-2-4(6)8-7-3/h6-11,16,18H,12H2,1-5H3;6-9,13-14,22-23H,10H2,1-5H3;1-6,11,13-14,23H,7H2,(H,20,24);1-2H/t16-,18-;13-,14-;11-,13-;/m111./s1. The number of nitrogens with one attached hydrogen (secondary N) is 1. The molecule has 8 rings (SSSR count). The van der Waals surface area contributed by atoms with Crippen LogP contribution in [0.15, 0.2) is 109 Å². The number of hydrogen-bond donors (Lipinski definition) is 4. The lowest BCUT2D eigenvalue weighted by molar-refractivity contribution is -0.121. The van der Waals surface area contributed by atoms with Gasteiger partial charge in [-0.15, -0.1) is 30.6 Å². The van der Waals surface area contributed by atoms with Crippen molar-refractivity contribution in [2.24, 2.45) is 0 Å².